The Bertz CT molecular complexity index is 796. The highest BCUT2D eigenvalue weighted by atomic mass is 32.1. The van der Waals surface area contributed by atoms with Gasteiger partial charge < -0.3 is 5.32 Å². The minimum absolute atomic E-state index is 0.0758. The number of carbonyl (C=O) groups is 1. The third-order valence-corrected chi connectivity index (χ3v) is 6.28. The lowest BCUT2D eigenvalue weighted by Gasteiger charge is -2.49. The Balaban J connectivity index is 1.56. The van der Waals surface area contributed by atoms with Crippen molar-refractivity contribution in [2.45, 2.75) is 31.8 Å². The van der Waals surface area contributed by atoms with E-state index in [1.165, 1.54) is 24.2 Å². The van der Waals surface area contributed by atoms with Crippen molar-refractivity contribution in [2.24, 2.45) is 5.92 Å². The SMILES string of the molecule is C#Cc1cc2cnc(C(=O)NC3C4CCN(CC4)C3C)cc2s1. The van der Waals surface area contributed by atoms with Crippen LogP contribution in [0.1, 0.15) is 35.1 Å². The number of carbonyl (C=O) groups excluding carboxylic acids is 1. The number of piperidine rings is 3. The zero-order valence-corrected chi connectivity index (χ0v) is 13.9. The molecule has 4 nitrogen and oxygen atoms in total. The van der Waals surface area contributed by atoms with Gasteiger partial charge in [0.1, 0.15) is 5.69 Å². The number of nitrogens with zero attached hydrogens (tertiary/aromatic N) is 2. The fourth-order valence-electron chi connectivity index (χ4n) is 3.90. The number of rotatable bonds is 2. The number of hydrogen-bond donors (Lipinski definition) is 1. The van der Waals surface area contributed by atoms with E-state index in [0.29, 0.717) is 17.7 Å². The highest BCUT2D eigenvalue weighted by Crippen LogP contribution is 2.32. The van der Waals surface area contributed by atoms with E-state index in [9.17, 15) is 4.79 Å². The smallest absolute Gasteiger partial charge is 0.270 e. The molecule has 5 rings (SSSR count). The van der Waals surface area contributed by atoms with Gasteiger partial charge in [-0.25, -0.2) is 0 Å². The second-order valence-electron chi connectivity index (χ2n) is 6.48. The number of aromatic nitrogens is 1. The Hall–Kier alpha value is -1.90. The first-order chi connectivity index (χ1) is 11.2. The second-order valence-corrected chi connectivity index (χ2v) is 7.56. The highest BCUT2D eigenvalue weighted by Gasteiger charge is 2.40. The summed E-state index contributed by atoms with van der Waals surface area (Å²) >= 11 is 1.52. The summed E-state index contributed by atoms with van der Waals surface area (Å²) in [6, 6.07) is 4.42. The Morgan fingerprint density at radius 1 is 1.43 bits per heavy atom. The number of pyridine rings is 1. The minimum Gasteiger partial charge on any atom is -0.346 e. The van der Waals surface area contributed by atoms with Crippen molar-refractivity contribution in [2.75, 3.05) is 13.1 Å². The molecule has 2 aromatic heterocycles. The van der Waals surface area contributed by atoms with Gasteiger partial charge in [-0.1, -0.05) is 5.92 Å². The molecule has 3 fully saturated rings. The number of amides is 1. The quantitative estimate of drug-likeness (QED) is 0.863. The lowest BCUT2D eigenvalue weighted by atomic mass is 9.79. The van der Waals surface area contributed by atoms with Crippen molar-refractivity contribution in [1.82, 2.24) is 15.2 Å². The van der Waals surface area contributed by atoms with Crippen LogP contribution in [0.5, 0.6) is 0 Å². The molecule has 5 heteroatoms. The predicted octanol–water partition coefficient (Wildman–Crippen LogP) is 2.49. The average molecular weight is 325 g/mol. The molecular formula is C18H19N3OS. The maximum atomic E-state index is 12.6. The molecule has 2 unspecified atom stereocenters. The Kier molecular flexibility index (Phi) is 3.59. The van der Waals surface area contributed by atoms with Gasteiger partial charge in [-0.05, 0) is 50.9 Å². The van der Waals surface area contributed by atoms with Crippen molar-refractivity contribution < 1.29 is 4.79 Å². The van der Waals surface area contributed by atoms with E-state index in [-0.39, 0.29) is 11.9 Å². The molecule has 0 aromatic carbocycles. The first kappa shape index (κ1) is 14.7. The van der Waals surface area contributed by atoms with E-state index in [0.717, 1.165) is 28.1 Å². The summed E-state index contributed by atoms with van der Waals surface area (Å²) in [4.78, 5) is 20.3. The molecule has 23 heavy (non-hydrogen) atoms. The molecule has 2 aromatic rings. The van der Waals surface area contributed by atoms with Crippen molar-refractivity contribution in [3.8, 4) is 12.3 Å². The standard InChI is InChI=1S/C18H19N3OS/c1-3-14-8-13-10-19-15(9-16(13)23-14)18(22)20-17-11(2)21-6-4-12(17)5-7-21/h1,8-12,17H,4-7H2,2H3,(H,20,22). The molecule has 0 saturated carbocycles. The number of hydrogen-bond acceptors (Lipinski definition) is 4. The van der Waals surface area contributed by atoms with Gasteiger partial charge in [0.15, 0.2) is 0 Å². The van der Waals surface area contributed by atoms with Gasteiger partial charge in [0.05, 0.1) is 4.88 Å². The van der Waals surface area contributed by atoms with Gasteiger partial charge in [0.2, 0.25) is 0 Å². The summed E-state index contributed by atoms with van der Waals surface area (Å²) in [7, 11) is 0. The molecule has 3 aliphatic rings. The first-order valence-corrected chi connectivity index (χ1v) is 8.88. The summed E-state index contributed by atoms with van der Waals surface area (Å²) in [5.41, 5.74) is 0.478. The van der Waals surface area contributed by atoms with E-state index in [1.807, 2.05) is 12.1 Å². The summed E-state index contributed by atoms with van der Waals surface area (Å²) in [5, 5.41) is 4.22. The topological polar surface area (TPSA) is 45.2 Å². The Morgan fingerprint density at radius 2 is 2.22 bits per heavy atom. The van der Waals surface area contributed by atoms with Gasteiger partial charge in [-0.2, -0.15) is 0 Å². The van der Waals surface area contributed by atoms with Crippen LogP contribution in [-0.4, -0.2) is 41.0 Å². The van der Waals surface area contributed by atoms with E-state index in [2.05, 4.69) is 28.0 Å². The van der Waals surface area contributed by atoms with E-state index in [4.69, 9.17) is 6.42 Å². The molecule has 0 aliphatic carbocycles. The van der Waals surface area contributed by atoms with Crippen LogP contribution in [0, 0.1) is 18.3 Å². The number of fused-ring (bicyclic) bond motifs is 4. The molecule has 0 radical (unpaired) electrons. The monoisotopic (exact) mass is 325 g/mol. The molecule has 118 valence electrons. The lowest BCUT2D eigenvalue weighted by molar-refractivity contribution is 0.0216. The van der Waals surface area contributed by atoms with E-state index >= 15 is 0 Å². The molecule has 2 atom stereocenters. The van der Waals surface area contributed by atoms with Crippen molar-refractivity contribution in [1.29, 1.82) is 0 Å². The van der Waals surface area contributed by atoms with Crippen LogP contribution in [0.4, 0.5) is 0 Å². The zero-order chi connectivity index (χ0) is 16.0. The predicted molar refractivity (Wildman–Crippen MR) is 92.6 cm³/mol. The molecule has 3 saturated heterocycles. The highest BCUT2D eigenvalue weighted by molar-refractivity contribution is 7.19. The van der Waals surface area contributed by atoms with Gasteiger partial charge in [-0.15, -0.1) is 17.8 Å². The second kappa shape index (κ2) is 5.63. The van der Waals surface area contributed by atoms with Crippen molar-refractivity contribution >= 4 is 27.3 Å². The lowest BCUT2D eigenvalue weighted by Crippen LogP contribution is -2.62. The Morgan fingerprint density at radius 3 is 2.91 bits per heavy atom. The van der Waals surface area contributed by atoms with Crippen LogP contribution in [-0.2, 0) is 0 Å². The van der Waals surface area contributed by atoms with Crippen LogP contribution in [0.25, 0.3) is 10.1 Å². The maximum absolute atomic E-state index is 12.6. The van der Waals surface area contributed by atoms with Crippen LogP contribution >= 0.6 is 11.3 Å². The molecular weight excluding hydrogens is 306 g/mol. The number of nitrogens with one attached hydrogen (secondary N) is 1. The fourth-order valence-corrected chi connectivity index (χ4v) is 4.78. The molecule has 0 spiro atoms. The third-order valence-electron chi connectivity index (χ3n) is 5.25. The first-order valence-electron chi connectivity index (χ1n) is 8.07. The van der Waals surface area contributed by atoms with E-state index < -0.39 is 0 Å². The molecule has 1 N–H and O–H groups in total. The molecule has 1 amide bonds. The maximum Gasteiger partial charge on any atom is 0.270 e. The Labute approximate surface area is 139 Å². The zero-order valence-electron chi connectivity index (χ0n) is 13.1. The molecule has 2 bridgehead atoms. The summed E-state index contributed by atoms with van der Waals surface area (Å²) in [6.07, 6.45) is 9.54. The number of thiophene rings is 1. The molecule has 3 aliphatic heterocycles. The molecule has 5 heterocycles. The van der Waals surface area contributed by atoms with Crippen LogP contribution in [0.3, 0.4) is 0 Å². The van der Waals surface area contributed by atoms with Crippen molar-refractivity contribution in [3.63, 3.8) is 0 Å². The van der Waals surface area contributed by atoms with Gasteiger partial charge >= 0.3 is 0 Å². The summed E-state index contributed by atoms with van der Waals surface area (Å²) < 4.78 is 1.01. The van der Waals surface area contributed by atoms with E-state index in [1.54, 1.807) is 6.20 Å². The summed E-state index contributed by atoms with van der Waals surface area (Å²) in [6.45, 7) is 4.53. The average Bonchev–Trinajstić information content (AvgIpc) is 3.00. The largest absolute Gasteiger partial charge is 0.346 e. The fraction of sp³-hybridized carbons (Fsp3) is 0.444. The summed E-state index contributed by atoms with van der Waals surface area (Å²) in [5.74, 6) is 3.16. The van der Waals surface area contributed by atoms with Crippen LogP contribution in [0.2, 0.25) is 0 Å². The minimum atomic E-state index is -0.0758. The van der Waals surface area contributed by atoms with Crippen molar-refractivity contribution in [3.05, 3.63) is 28.9 Å². The van der Waals surface area contributed by atoms with Gasteiger partial charge in [0.25, 0.3) is 5.91 Å². The van der Waals surface area contributed by atoms with Crippen LogP contribution in [0.15, 0.2) is 18.3 Å². The van der Waals surface area contributed by atoms with Gasteiger partial charge in [0, 0.05) is 28.4 Å². The normalized spacial score (nSPS) is 29.4. The third kappa shape index (κ3) is 2.52. The number of terminal acetylenes is 1. The van der Waals surface area contributed by atoms with Gasteiger partial charge in [-0.3, -0.25) is 14.7 Å². The van der Waals surface area contributed by atoms with Crippen LogP contribution < -0.4 is 5.32 Å².